The van der Waals surface area contributed by atoms with Gasteiger partial charge in [0.25, 0.3) is 0 Å². The molecule has 0 aromatic carbocycles. The van der Waals surface area contributed by atoms with E-state index in [1.165, 1.54) is 12.0 Å². The molecule has 0 aromatic rings. The summed E-state index contributed by atoms with van der Waals surface area (Å²) in [5.41, 5.74) is 0. The van der Waals surface area contributed by atoms with Crippen molar-refractivity contribution in [2.45, 2.75) is 37.1 Å². The summed E-state index contributed by atoms with van der Waals surface area (Å²) in [6.45, 7) is 0. The van der Waals surface area contributed by atoms with Crippen molar-refractivity contribution < 1.29 is 14.3 Å². The summed E-state index contributed by atoms with van der Waals surface area (Å²) in [5.74, 6) is 0.196. The molecule has 1 aliphatic carbocycles. The number of ether oxygens (including phenoxy) is 1. The Balaban J connectivity index is 2.74. The van der Waals surface area contributed by atoms with Crippen LogP contribution in [0.25, 0.3) is 0 Å². The van der Waals surface area contributed by atoms with Crippen molar-refractivity contribution in [3.63, 3.8) is 0 Å². The molecule has 7 nitrogen and oxygen atoms in total. The highest BCUT2D eigenvalue weighted by Crippen LogP contribution is 2.23. The number of amides is 3. The van der Waals surface area contributed by atoms with E-state index in [1.54, 1.807) is 26.0 Å². The SMILES string of the molecule is COC(=O)/N=C(/N(C)C)N(C)C(=O)NC1CCCCC1Cl. The summed E-state index contributed by atoms with van der Waals surface area (Å²) < 4.78 is 4.50. The number of alkyl halides is 1. The molecule has 1 fully saturated rings. The lowest BCUT2D eigenvalue weighted by Gasteiger charge is -2.31. The zero-order chi connectivity index (χ0) is 16.0. The van der Waals surface area contributed by atoms with Crippen molar-refractivity contribution in [1.82, 2.24) is 15.1 Å². The second-order valence-electron chi connectivity index (χ2n) is 5.19. The van der Waals surface area contributed by atoms with Gasteiger partial charge in [0.1, 0.15) is 0 Å². The summed E-state index contributed by atoms with van der Waals surface area (Å²) in [4.78, 5) is 30.1. The fourth-order valence-corrected chi connectivity index (χ4v) is 2.54. The van der Waals surface area contributed by atoms with Gasteiger partial charge < -0.3 is 15.0 Å². The van der Waals surface area contributed by atoms with Gasteiger partial charge in [-0.3, -0.25) is 4.90 Å². The molecule has 1 aliphatic rings. The van der Waals surface area contributed by atoms with E-state index < -0.39 is 6.09 Å². The normalized spacial score (nSPS) is 22.4. The van der Waals surface area contributed by atoms with Crippen molar-refractivity contribution in [3.8, 4) is 0 Å². The van der Waals surface area contributed by atoms with Crippen LogP contribution in [0.2, 0.25) is 0 Å². The molecule has 120 valence electrons. The van der Waals surface area contributed by atoms with Gasteiger partial charge in [-0.2, -0.15) is 0 Å². The number of carbonyl (C=O) groups is 2. The zero-order valence-electron chi connectivity index (χ0n) is 12.9. The van der Waals surface area contributed by atoms with E-state index in [2.05, 4.69) is 15.0 Å². The number of aliphatic imine (C=N–C) groups is 1. The number of methoxy groups -OCH3 is 1. The largest absolute Gasteiger partial charge is 0.451 e. The van der Waals surface area contributed by atoms with Crippen LogP contribution in [0.4, 0.5) is 9.59 Å². The second kappa shape index (κ2) is 8.07. The van der Waals surface area contributed by atoms with Gasteiger partial charge in [-0.15, -0.1) is 16.6 Å². The molecule has 0 saturated heterocycles. The molecule has 1 rings (SSSR count). The number of hydrogen-bond acceptors (Lipinski definition) is 3. The van der Waals surface area contributed by atoms with E-state index in [0.29, 0.717) is 0 Å². The minimum atomic E-state index is -0.758. The Hall–Kier alpha value is -1.50. The molecule has 21 heavy (non-hydrogen) atoms. The number of guanidine groups is 1. The fraction of sp³-hybridized carbons (Fsp3) is 0.769. The lowest BCUT2D eigenvalue weighted by atomic mass is 9.95. The van der Waals surface area contributed by atoms with Crippen LogP contribution in [0.1, 0.15) is 25.7 Å². The molecule has 2 unspecified atom stereocenters. The number of nitrogens with zero attached hydrogens (tertiary/aromatic N) is 3. The first-order chi connectivity index (χ1) is 9.86. The predicted molar refractivity (Wildman–Crippen MR) is 81.7 cm³/mol. The van der Waals surface area contributed by atoms with Crippen LogP contribution in [-0.2, 0) is 4.74 Å². The third-order valence-corrected chi connectivity index (χ3v) is 3.88. The summed E-state index contributed by atoms with van der Waals surface area (Å²) in [6.07, 6.45) is 3.13. The monoisotopic (exact) mass is 318 g/mol. The van der Waals surface area contributed by atoms with Gasteiger partial charge in [0.05, 0.1) is 12.5 Å². The van der Waals surface area contributed by atoms with E-state index in [1.807, 2.05) is 0 Å². The minimum absolute atomic E-state index is 0.0584. The third kappa shape index (κ3) is 5.08. The Bertz CT molecular complexity index is 414. The predicted octanol–water partition coefficient (Wildman–Crippen LogP) is 1.86. The van der Waals surface area contributed by atoms with Crippen LogP contribution < -0.4 is 5.32 Å². The molecule has 0 aromatic heterocycles. The third-order valence-electron chi connectivity index (χ3n) is 3.36. The van der Waals surface area contributed by atoms with E-state index in [9.17, 15) is 9.59 Å². The van der Waals surface area contributed by atoms with Crippen molar-refractivity contribution in [3.05, 3.63) is 0 Å². The second-order valence-corrected chi connectivity index (χ2v) is 5.75. The van der Waals surface area contributed by atoms with E-state index in [-0.39, 0.29) is 23.4 Å². The van der Waals surface area contributed by atoms with Crippen LogP contribution in [-0.4, -0.2) is 67.6 Å². The maximum absolute atomic E-state index is 12.3. The molecular weight excluding hydrogens is 296 g/mol. The van der Waals surface area contributed by atoms with Crippen LogP contribution in [0.15, 0.2) is 4.99 Å². The Morgan fingerprint density at radius 2 is 1.86 bits per heavy atom. The maximum Gasteiger partial charge on any atom is 0.436 e. The molecular formula is C13H23ClN4O3. The highest BCUT2D eigenvalue weighted by molar-refractivity contribution is 6.21. The standard InChI is InChI=1S/C13H23ClN4O3/c1-17(2)11(16-13(20)21-4)18(3)12(19)15-10-8-6-5-7-9(10)14/h9-10H,5-8H2,1-4H3,(H,15,19)/b16-11-. The Morgan fingerprint density at radius 3 is 2.38 bits per heavy atom. The molecule has 1 N–H and O–H groups in total. The van der Waals surface area contributed by atoms with Gasteiger partial charge in [-0.1, -0.05) is 12.8 Å². The number of halogens is 1. The fourth-order valence-electron chi connectivity index (χ4n) is 2.20. The average Bonchev–Trinajstić information content (AvgIpc) is 2.45. The molecule has 0 spiro atoms. The summed E-state index contributed by atoms with van der Waals surface area (Å²) in [5, 5.41) is 2.83. The number of urea groups is 1. The highest BCUT2D eigenvalue weighted by Gasteiger charge is 2.27. The first kappa shape index (κ1) is 17.6. The average molecular weight is 319 g/mol. The van der Waals surface area contributed by atoms with E-state index in [0.717, 1.165) is 25.7 Å². The van der Waals surface area contributed by atoms with Crippen molar-refractivity contribution in [1.29, 1.82) is 0 Å². The lowest BCUT2D eigenvalue weighted by Crippen LogP contribution is -2.52. The number of nitrogens with one attached hydrogen (secondary N) is 1. The molecule has 3 amide bonds. The molecule has 0 heterocycles. The topological polar surface area (TPSA) is 74.2 Å². The quantitative estimate of drug-likeness (QED) is 0.455. The van der Waals surface area contributed by atoms with Gasteiger partial charge >= 0.3 is 12.1 Å². The van der Waals surface area contributed by atoms with Gasteiger partial charge in [-0.05, 0) is 12.8 Å². The number of hydrogen-bond donors (Lipinski definition) is 1. The Morgan fingerprint density at radius 1 is 1.24 bits per heavy atom. The number of carbonyl (C=O) groups excluding carboxylic acids is 2. The summed E-state index contributed by atoms with van der Waals surface area (Å²) >= 11 is 6.23. The van der Waals surface area contributed by atoms with Gasteiger partial charge in [0.2, 0.25) is 5.96 Å². The molecule has 1 saturated carbocycles. The Kier molecular flexibility index (Phi) is 6.74. The molecule has 8 heteroatoms. The van der Waals surface area contributed by atoms with E-state index in [4.69, 9.17) is 11.6 Å². The lowest BCUT2D eigenvalue weighted by molar-refractivity contribution is 0.181. The summed E-state index contributed by atoms with van der Waals surface area (Å²) in [7, 11) is 6.16. The van der Waals surface area contributed by atoms with Crippen LogP contribution in [0.5, 0.6) is 0 Å². The first-order valence-electron chi connectivity index (χ1n) is 6.89. The Labute approximate surface area is 130 Å². The van der Waals surface area contributed by atoms with Gasteiger partial charge in [0.15, 0.2) is 0 Å². The number of rotatable bonds is 1. The minimum Gasteiger partial charge on any atom is -0.451 e. The molecule has 0 aliphatic heterocycles. The molecule has 2 atom stereocenters. The summed E-state index contributed by atoms with van der Waals surface area (Å²) in [6, 6.07) is -0.402. The zero-order valence-corrected chi connectivity index (χ0v) is 13.7. The molecule has 0 radical (unpaired) electrons. The molecule has 0 bridgehead atoms. The van der Waals surface area contributed by atoms with Gasteiger partial charge in [-0.25, -0.2) is 9.59 Å². The van der Waals surface area contributed by atoms with Crippen molar-refractivity contribution in [2.24, 2.45) is 4.99 Å². The van der Waals surface area contributed by atoms with Crippen LogP contribution in [0, 0.1) is 0 Å². The van der Waals surface area contributed by atoms with Crippen molar-refractivity contribution >= 4 is 29.7 Å². The maximum atomic E-state index is 12.3. The van der Waals surface area contributed by atoms with Crippen LogP contribution >= 0.6 is 11.6 Å². The highest BCUT2D eigenvalue weighted by atomic mass is 35.5. The van der Waals surface area contributed by atoms with Crippen molar-refractivity contribution in [2.75, 3.05) is 28.3 Å². The van der Waals surface area contributed by atoms with Gasteiger partial charge in [0, 0.05) is 27.2 Å². The first-order valence-corrected chi connectivity index (χ1v) is 7.32. The van der Waals surface area contributed by atoms with E-state index >= 15 is 0 Å². The van der Waals surface area contributed by atoms with Crippen LogP contribution in [0.3, 0.4) is 0 Å². The smallest absolute Gasteiger partial charge is 0.436 e.